The summed E-state index contributed by atoms with van der Waals surface area (Å²) in [6, 6.07) is 7.80. The molecule has 0 saturated carbocycles. The highest BCUT2D eigenvalue weighted by molar-refractivity contribution is 5.94. The number of Topliss-reactive ketones (excluding diaryl/α,β-unsaturated/α-hetero) is 1. The second-order valence-electron chi connectivity index (χ2n) is 3.53. The largest absolute Gasteiger partial charge is 0.295 e. The molecule has 0 heterocycles. The van der Waals surface area contributed by atoms with Crippen LogP contribution in [0.1, 0.15) is 49.0 Å². The van der Waals surface area contributed by atoms with Gasteiger partial charge in [0.05, 0.1) is 0 Å². The molecule has 0 aliphatic rings. The minimum absolute atomic E-state index is 0.135. The molecule has 1 heteroatoms. The van der Waals surface area contributed by atoms with E-state index in [2.05, 4.69) is 13.3 Å². The molecule has 0 N–H and O–H groups in total. The minimum Gasteiger partial charge on any atom is -0.295 e. The van der Waals surface area contributed by atoms with Crippen molar-refractivity contribution < 1.29 is 4.79 Å². The third-order valence-electron chi connectivity index (χ3n) is 2.23. The number of carbonyl (C=O) groups is 1. The molecule has 1 aromatic rings. The maximum Gasteiger partial charge on any atom is 0.159 e. The van der Waals surface area contributed by atoms with Gasteiger partial charge in [0.15, 0.2) is 5.78 Å². The molecule has 0 aliphatic carbocycles. The first-order valence-electron chi connectivity index (χ1n) is 5.18. The van der Waals surface area contributed by atoms with Gasteiger partial charge in [-0.2, -0.15) is 0 Å². The van der Waals surface area contributed by atoms with Crippen LogP contribution in [-0.2, 0) is 0 Å². The summed E-state index contributed by atoms with van der Waals surface area (Å²) in [6.07, 6.45) is 5.71. The average Bonchev–Trinajstić information content (AvgIpc) is 2.19. The van der Waals surface area contributed by atoms with Gasteiger partial charge in [-0.25, -0.2) is 0 Å². The Hall–Kier alpha value is -1.11. The Labute approximate surface area is 86.1 Å². The van der Waals surface area contributed by atoms with Gasteiger partial charge >= 0.3 is 0 Å². The lowest BCUT2D eigenvalue weighted by Gasteiger charge is -2.01. The minimum atomic E-state index is 0.135. The second kappa shape index (κ2) is 5.58. The van der Waals surface area contributed by atoms with Crippen LogP contribution < -0.4 is 0 Å². The molecule has 1 radical (unpaired) electrons. The first-order valence-corrected chi connectivity index (χ1v) is 5.18. The Balaban J connectivity index is 2.59. The summed E-state index contributed by atoms with van der Waals surface area (Å²) in [5, 5.41) is 0. The quantitative estimate of drug-likeness (QED) is 0.510. The number of unbranched alkanes of at least 4 members (excludes halogenated alkanes) is 2. The molecule has 0 aromatic heterocycles. The number of hydrogen-bond acceptors (Lipinski definition) is 1. The van der Waals surface area contributed by atoms with Crippen LogP contribution in [0.25, 0.3) is 0 Å². The number of benzene rings is 1. The van der Waals surface area contributed by atoms with E-state index in [0.717, 1.165) is 17.5 Å². The van der Waals surface area contributed by atoms with Gasteiger partial charge in [-0.15, -0.1) is 0 Å². The summed E-state index contributed by atoms with van der Waals surface area (Å²) in [4.78, 5) is 11.1. The Morgan fingerprint density at radius 2 is 2.21 bits per heavy atom. The van der Waals surface area contributed by atoms with Gasteiger partial charge in [-0.05, 0) is 31.4 Å². The predicted molar refractivity (Wildman–Crippen MR) is 59.4 cm³/mol. The van der Waals surface area contributed by atoms with E-state index in [1.54, 1.807) is 6.92 Å². The molecule has 0 aliphatic heterocycles. The van der Waals surface area contributed by atoms with E-state index < -0.39 is 0 Å². The van der Waals surface area contributed by atoms with Crippen LogP contribution in [0.2, 0.25) is 0 Å². The maximum atomic E-state index is 11.1. The summed E-state index contributed by atoms with van der Waals surface area (Å²) in [5.41, 5.74) is 1.96. The number of ketones is 1. The van der Waals surface area contributed by atoms with Gasteiger partial charge in [-0.3, -0.25) is 4.79 Å². The zero-order valence-electron chi connectivity index (χ0n) is 8.92. The normalized spacial score (nSPS) is 10.1. The van der Waals surface area contributed by atoms with E-state index in [-0.39, 0.29) is 5.78 Å². The lowest BCUT2D eigenvalue weighted by Crippen LogP contribution is -1.93. The van der Waals surface area contributed by atoms with E-state index >= 15 is 0 Å². The Morgan fingerprint density at radius 3 is 2.86 bits per heavy atom. The molecule has 0 spiro atoms. The molecule has 0 saturated heterocycles. The fourth-order valence-corrected chi connectivity index (χ4v) is 1.36. The molecule has 0 bridgehead atoms. The fourth-order valence-electron chi connectivity index (χ4n) is 1.36. The third kappa shape index (κ3) is 3.33. The molecule has 1 rings (SSSR count). The van der Waals surface area contributed by atoms with Gasteiger partial charge in [0.1, 0.15) is 0 Å². The van der Waals surface area contributed by atoms with Gasteiger partial charge in [0.2, 0.25) is 0 Å². The maximum absolute atomic E-state index is 11.1. The van der Waals surface area contributed by atoms with Crippen molar-refractivity contribution in [2.45, 2.75) is 33.1 Å². The van der Waals surface area contributed by atoms with E-state index in [9.17, 15) is 4.79 Å². The van der Waals surface area contributed by atoms with Crippen LogP contribution in [-0.4, -0.2) is 5.78 Å². The average molecular weight is 189 g/mol. The van der Waals surface area contributed by atoms with E-state index in [0.29, 0.717) is 0 Å². The third-order valence-corrected chi connectivity index (χ3v) is 2.23. The molecular formula is C13H17O. The van der Waals surface area contributed by atoms with Crippen molar-refractivity contribution in [2.24, 2.45) is 0 Å². The van der Waals surface area contributed by atoms with Crippen molar-refractivity contribution in [2.75, 3.05) is 0 Å². The highest BCUT2D eigenvalue weighted by Crippen LogP contribution is 2.11. The molecule has 0 atom stereocenters. The summed E-state index contributed by atoms with van der Waals surface area (Å²) in [7, 11) is 0. The monoisotopic (exact) mass is 189 g/mol. The fraction of sp³-hybridized carbons (Fsp3) is 0.385. The van der Waals surface area contributed by atoms with Crippen LogP contribution in [0.5, 0.6) is 0 Å². The van der Waals surface area contributed by atoms with E-state index in [4.69, 9.17) is 0 Å². The summed E-state index contributed by atoms with van der Waals surface area (Å²) >= 11 is 0. The number of carbonyl (C=O) groups excluding carboxylic acids is 1. The zero-order chi connectivity index (χ0) is 10.4. The van der Waals surface area contributed by atoms with Crippen LogP contribution in [0.4, 0.5) is 0 Å². The van der Waals surface area contributed by atoms with Gasteiger partial charge < -0.3 is 0 Å². The van der Waals surface area contributed by atoms with Crippen LogP contribution >= 0.6 is 0 Å². The van der Waals surface area contributed by atoms with Gasteiger partial charge in [0.25, 0.3) is 0 Å². The zero-order valence-corrected chi connectivity index (χ0v) is 8.92. The van der Waals surface area contributed by atoms with Crippen molar-refractivity contribution in [3.63, 3.8) is 0 Å². The van der Waals surface area contributed by atoms with Crippen LogP contribution in [0, 0.1) is 6.42 Å². The Bertz CT molecular complexity index is 302. The second-order valence-corrected chi connectivity index (χ2v) is 3.53. The standard InChI is InChI=1S/C13H17O/c1-3-4-5-7-12-8-6-9-13(10-12)11(2)14/h6-10H,3-5H2,1-2H3. The van der Waals surface area contributed by atoms with Gasteiger partial charge in [-0.1, -0.05) is 38.0 Å². The van der Waals surface area contributed by atoms with Crippen LogP contribution in [0.15, 0.2) is 24.3 Å². The smallest absolute Gasteiger partial charge is 0.159 e. The van der Waals surface area contributed by atoms with Crippen molar-refractivity contribution in [1.29, 1.82) is 0 Å². The lowest BCUT2D eigenvalue weighted by molar-refractivity contribution is 0.101. The summed E-state index contributed by atoms with van der Waals surface area (Å²) in [6.45, 7) is 3.78. The van der Waals surface area contributed by atoms with Crippen molar-refractivity contribution in [3.05, 3.63) is 41.8 Å². The SMILES string of the molecule is CCCC[CH]c1cccc(C(C)=O)c1. The van der Waals surface area contributed by atoms with Crippen molar-refractivity contribution in [1.82, 2.24) is 0 Å². The molecule has 0 amide bonds. The number of rotatable bonds is 5. The predicted octanol–water partition coefficient (Wildman–Crippen LogP) is 3.63. The van der Waals surface area contributed by atoms with Crippen molar-refractivity contribution >= 4 is 5.78 Å². The molecule has 1 nitrogen and oxygen atoms in total. The van der Waals surface area contributed by atoms with Gasteiger partial charge in [0, 0.05) is 5.56 Å². The van der Waals surface area contributed by atoms with Crippen LogP contribution in [0.3, 0.4) is 0 Å². The van der Waals surface area contributed by atoms with Crippen molar-refractivity contribution in [3.8, 4) is 0 Å². The Morgan fingerprint density at radius 1 is 1.43 bits per heavy atom. The molecule has 0 fully saturated rings. The van der Waals surface area contributed by atoms with E-state index in [1.165, 1.54) is 12.8 Å². The molecule has 75 valence electrons. The number of hydrogen-bond donors (Lipinski definition) is 0. The molecular weight excluding hydrogens is 172 g/mol. The summed E-state index contributed by atoms with van der Waals surface area (Å²) in [5.74, 6) is 0.135. The first kappa shape index (κ1) is 11.0. The molecule has 1 aromatic carbocycles. The molecule has 0 unspecified atom stereocenters. The first-order chi connectivity index (χ1) is 6.74. The highest BCUT2D eigenvalue weighted by Gasteiger charge is 1.99. The highest BCUT2D eigenvalue weighted by atomic mass is 16.1. The van der Waals surface area contributed by atoms with E-state index in [1.807, 2.05) is 24.3 Å². The lowest BCUT2D eigenvalue weighted by atomic mass is 10.0. The Kier molecular flexibility index (Phi) is 4.37. The summed E-state index contributed by atoms with van der Waals surface area (Å²) < 4.78 is 0. The molecule has 14 heavy (non-hydrogen) atoms. The topological polar surface area (TPSA) is 17.1 Å².